The number of aryl methyl sites for hydroxylation is 1. The standard InChI is InChI=1S/C13H20N2OS/c1-9-5-4-6-12(11(9)3)15-13(16)8-17-10(2)7-14/h4-6,10H,7-8,14H2,1-3H3,(H,15,16). The average Bonchev–Trinajstić information content (AvgIpc) is 2.32. The molecule has 0 fully saturated rings. The van der Waals surface area contributed by atoms with Crippen LogP contribution in [0.15, 0.2) is 18.2 Å². The van der Waals surface area contributed by atoms with Gasteiger partial charge < -0.3 is 11.1 Å². The van der Waals surface area contributed by atoms with Crippen LogP contribution in [0.25, 0.3) is 0 Å². The second kappa shape index (κ2) is 6.67. The highest BCUT2D eigenvalue weighted by molar-refractivity contribution is 8.00. The molecule has 0 aliphatic carbocycles. The van der Waals surface area contributed by atoms with Crippen molar-refractivity contribution in [2.45, 2.75) is 26.0 Å². The van der Waals surface area contributed by atoms with E-state index in [9.17, 15) is 4.79 Å². The summed E-state index contributed by atoms with van der Waals surface area (Å²) in [5, 5.41) is 3.25. The molecule has 0 aliphatic rings. The molecule has 0 spiro atoms. The Labute approximate surface area is 107 Å². The molecule has 0 bridgehead atoms. The van der Waals surface area contributed by atoms with Crippen LogP contribution in [0.4, 0.5) is 5.69 Å². The first-order valence-corrected chi connectivity index (χ1v) is 6.77. The Hall–Kier alpha value is -1.00. The molecule has 0 saturated carbocycles. The number of benzene rings is 1. The van der Waals surface area contributed by atoms with Crippen LogP contribution in [0.5, 0.6) is 0 Å². The number of rotatable bonds is 5. The van der Waals surface area contributed by atoms with E-state index in [1.807, 2.05) is 39.0 Å². The Morgan fingerprint density at radius 2 is 2.18 bits per heavy atom. The van der Waals surface area contributed by atoms with Crippen LogP contribution in [0, 0.1) is 13.8 Å². The first kappa shape index (κ1) is 14.1. The summed E-state index contributed by atoms with van der Waals surface area (Å²) in [4.78, 5) is 11.7. The van der Waals surface area contributed by atoms with E-state index in [2.05, 4.69) is 5.32 Å². The van der Waals surface area contributed by atoms with Gasteiger partial charge in [0.1, 0.15) is 0 Å². The zero-order chi connectivity index (χ0) is 12.8. The highest BCUT2D eigenvalue weighted by Crippen LogP contribution is 2.18. The summed E-state index contributed by atoms with van der Waals surface area (Å²) < 4.78 is 0. The van der Waals surface area contributed by atoms with Gasteiger partial charge in [-0.25, -0.2) is 0 Å². The summed E-state index contributed by atoms with van der Waals surface area (Å²) in [7, 11) is 0. The molecule has 1 amide bonds. The fourth-order valence-corrected chi connectivity index (χ4v) is 2.00. The molecule has 0 aromatic heterocycles. The Bertz CT molecular complexity index is 393. The largest absolute Gasteiger partial charge is 0.329 e. The lowest BCUT2D eigenvalue weighted by atomic mass is 10.1. The van der Waals surface area contributed by atoms with Crippen LogP contribution < -0.4 is 11.1 Å². The van der Waals surface area contributed by atoms with Gasteiger partial charge in [-0.2, -0.15) is 0 Å². The monoisotopic (exact) mass is 252 g/mol. The summed E-state index contributed by atoms with van der Waals surface area (Å²) in [5.74, 6) is 0.482. The lowest BCUT2D eigenvalue weighted by molar-refractivity contribution is -0.113. The molecule has 4 heteroatoms. The third-order valence-corrected chi connectivity index (χ3v) is 3.90. The summed E-state index contributed by atoms with van der Waals surface area (Å²) in [5.41, 5.74) is 8.71. The molecule has 1 atom stereocenters. The second-order valence-electron chi connectivity index (χ2n) is 4.15. The van der Waals surface area contributed by atoms with Crippen LogP contribution in [-0.4, -0.2) is 23.5 Å². The van der Waals surface area contributed by atoms with Gasteiger partial charge >= 0.3 is 0 Å². The highest BCUT2D eigenvalue weighted by atomic mass is 32.2. The third kappa shape index (κ3) is 4.40. The van der Waals surface area contributed by atoms with Crippen molar-refractivity contribution >= 4 is 23.4 Å². The van der Waals surface area contributed by atoms with E-state index in [0.717, 1.165) is 11.3 Å². The molecule has 3 nitrogen and oxygen atoms in total. The van der Waals surface area contributed by atoms with E-state index in [1.54, 1.807) is 11.8 Å². The van der Waals surface area contributed by atoms with Crippen LogP contribution in [-0.2, 0) is 4.79 Å². The van der Waals surface area contributed by atoms with Crippen LogP contribution >= 0.6 is 11.8 Å². The fraction of sp³-hybridized carbons (Fsp3) is 0.462. The van der Waals surface area contributed by atoms with E-state index >= 15 is 0 Å². The number of amides is 1. The number of anilines is 1. The molecule has 1 aromatic rings. The van der Waals surface area contributed by atoms with Gasteiger partial charge in [-0.15, -0.1) is 11.8 Å². The number of nitrogens with two attached hydrogens (primary N) is 1. The van der Waals surface area contributed by atoms with E-state index in [4.69, 9.17) is 5.73 Å². The maximum absolute atomic E-state index is 11.7. The number of nitrogens with one attached hydrogen (secondary N) is 1. The number of hydrogen-bond donors (Lipinski definition) is 2. The molecule has 1 rings (SSSR count). The van der Waals surface area contributed by atoms with Crippen molar-refractivity contribution in [1.82, 2.24) is 0 Å². The van der Waals surface area contributed by atoms with Gasteiger partial charge in [-0.3, -0.25) is 4.79 Å². The van der Waals surface area contributed by atoms with E-state index < -0.39 is 0 Å². The number of carbonyl (C=O) groups is 1. The molecule has 0 heterocycles. The summed E-state index contributed by atoms with van der Waals surface area (Å²) >= 11 is 1.58. The van der Waals surface area contributed by atoms with Crippen LogP contribution in [0.2, 0.25) is 0 Å². The lowest BCUT2D eigenvalue weighted by Gasteiger charge is -2.11. The van der Waals surface area contributed by atoms with Crippen molar-refractivity contribution < 1.29 is 4.79 Å². The number of carbonyl (C=O) groups excluding carboxylic acids is 1. The SMILES string of the molecule is Cc1cccc(NC(=O)CSC(C)CN)c1C. The van der Waals surface area contributed by atoms with E-state index in [-0.39, 0.29) is 5.91 Å². The maximum Gasteiger partial charge on any atom is 0.234 e. The smallest absolute Gasteiger partial charge is 0.234 e. The highest BCUT2D eigenvalue weighted by Gasteiger charge is 2.08. The zero-order valence-corrected chi connectivity index (χ0v) is 11.4. The molecular weight excluding hydrogens is 232 g/mol. The average molecular weight is 252 g/mol. The molecule has 1 unspecified atom stereocenters. The Kier molecular flexibility index (Phi) is 5.51. The molecule has 0 radical (unpaired) electrons. The predicted octanol–water partition coefficient (Wildman–Crippen LogP) is 2.32. The Balaban J connectivity index is 2.54. The zero-order valence-electron chi connectivity index (χ0n) is 10.6. The molecular formula is C13H20N2OS. The molecule has 17 heavy (non-hydrogen) atoms. The second-order valence-corrected chi connectivity index (χ2v) is 5.58. The van der Waals surface area contributed by atoms with E-state index in [1.165, 1.54) is 5.56 Å². The first-order valence-electron chi connectivity index (χ1n) is 5.72. The van der Waals surface area contributed by atoms with Gasteiger partial charge in [0, 0.05) is 17.5 Å². The molecule has 1 aromatic carbocycles. The van der Waals surface area contributed by atoms with Gasteiger partial charge in [0.05, 0.1) is 5.75 Å². The topological polar surface area (TPSA) is 55.1 Å². The van der Waals surface area contributed by atoms with Gasteiger partial charge in [-0.05, 0) is 31.0 Å². The predicted molar refractivity (Wildman–Crippen MR) is 75.5 cm³/mol. The lowest BCUT2D eigenvalue weighted by Crippen LogP contribution is -2.19. The Morgan fingerprint density at radius 3 is 2.82 bits per heavy atom. The number of thioether (sulfide) groups is 1. The summed E-state index contributed by atoms with van der Waals surface area (Å²) in [6, 6.07) is 5.92. The molecule has 0 aliphatic heterocycles. The molecule has 94 valence electrons. The van der Waals surface area contributed by atoms with Gasteiger partial charge in [-0.1, -0.05) is 19.1 Å². The van der Waals surface area contributed by atoms with Crippen molar-refractivity contribution in [2.24, 2.45) is 5.73 Å². The first-order chi connectivity index (χ1) is 8.04. The minimum Gasteiger partial charge on any atom is -0.329 e. The number of hydrogen-bond acceptors (Lipinski definition) is 3. The van der Waals surface area contributed by atoms with Gasteiger partial charge in [0.15, 0.2) is 0 Å². The van der Waals surface area contributed by atoms with Crippen LogP contribution in [0.1, 0.15) is 18.1 Å². The van der Waals surface area contributed by atoms with E-state index in [0.29, 0.717) is 17.5 Å². The van der Waals surface area contributed by atoms with Crippen molar-refractivity contribution in [1.29, 1.82) is 0 Å². The maximum atomic E-state index is 11.7. The van der Waals surface area contributed by atoms with Gasteiger partial charge in [0.2, 0.25) is 5.91 Å². The van der Waals surface area contributed by atoms with Crippen molar-refractivity contribution in [3.8, 4) is 0 Å². The quantitative estimate of drug-likeness (QED) is 0.845. The summed E-state index contributed by atoms with van der Waals surface area (Å²) in [6.07, 6.45) is 0. The summed E-state index contributed by atoms with van der Waals surface area (Å²) in [6.45, 7) is 6.67. The minimum atomic E-state index is 0.0315. The minimum absolute atomic E-state index is 0.0315. The van der Waals surface area contributed by atoms with Crippen molar-refractivity contribution in [2.75, 3.05) is 17.6 Å². The van der Waals surface area contributed by atoms with Crippen molar-refractivity contribution in [3.05, 3.63) is 29.3 Å². The van der Waals surface area contributed by atoms with Gasteiger partial charge in [0.25, 0.3) is 0 Å². The van der Waals surface area contributed by atoms with Crippen molar-refractivity contribution in [3.63, 3.8) is 0 Å². The Morgan fingerprint density at radius 1 is 1.47 bits per heavy atom. The van der Waals surface area contributed by atoms with Crippen LogP contribution in [0.3, 0.4) is 0 Å². The fourth-order valence-electron chi connectivity index (χ4n) is 1.36. The molecule has 3 N–H and O–H groups in total. The normalized spacial score (nSPS) is 12.2. The molecule has 0 saturated heterocycles. The third-order valence-electron chi connectivity index (χ3n) is 2.71.